The second kappa shape index (κ2) is 4.66. The first-order valence-corrected chi connectivity index (χ1v) is 6.60. The normalized spacial score (nSPS) is 23.4. The minimum atomic E-state index is -0.439. The van der Waals surface area contributed by atoms with Crippen molar-refractivity contribution < 1.29 is 14.5 Å². The van der Waals surface area contributed by atoms with Crippen LogP contribution in [0.5, 0.6) is 5.75 Å². The highest BCUT2D eigenvalue weighted by molar-refractivity contribution is 5.96. The molecule has 20 heavy (non-hydrogen) atoms. The Labute approximate surface area is 115 Å². The molecule has 1 aliphatic carbocycles. The lowest BCUT2D eigenvalue weighted by Crippen LogP contribution is -2.25. The molecule has 0 bridgehead atoms. The molecule has 0 aromatic heterocycles. The summed E-state index contributed by atoms with van der Waals surface area (Å²) in [5.41, 5.74) is 0.880. The lowest BCUT2D eigenvalue weighted by Gasteiger charge is -2.19. The lowest BCUT2D eigenvalue weighted by atomic mass is 10.2. The average molecular weight is 277 g/mol. The summed E-state index contributed by atoms with van der Waals surface area (Å²) >= 11 is 0. The van der Waals surface area contributed by atoms with E-state index < -0.39 is 4.92 Å². The van der Waals surface area contributed by atoms with Crippen molar-refractivity contribution in [3.63, 3.8) is 0 Å². The molecular weight excluding hydrogens is 262 g/mol. The Kier molecular flexibility index (Phi) is 2.96. The minimum absolute atomic E-state index is 0.0262. The number of benzene rings is 1. The Balaban J connectivity index is 1.92. The summed E-state index contributed by atoms with van der Waals surface area (Å²) in [7, 11) is 0. The van der Waals surface area contributed by atoms with Crippen molar-refractivity contribution >= 4 is 23.0 Å². The summed E-state index contributed by atoms with van der Waals surface area (Å²) in [4.78, 5) is 22.0. The van der Waals surface area contributed by atoms with Crippen molar-refractivity contribution in [2.24, 2.45) is 5.92 Å². The monoisotopic (exact) mass is 277 g/mol. The predicted molar refractivity (Wildman–Crippen MR) is 73.0 cm³/mol. The average Bonchev–Trinajstić information content (AvgIpc) is 3.16. The third kappa shape index (κ3) is 2.26. The number of hydrogen-bond acceptors (Lipinski definition) is 5. The van der Waals surface area contributed by atoms with E-state index in [0.29, 0.717) is 23.0 Å². The van der Waals surface area contributed by atoms with Gasteiger partial charge in [-0.2, -0.15) is 0 Å². The zero-order valence-corrected chi connectivity index (χ0v) is 11.0. The molecule has 1 heterocycles. The Morgan fingerprint density at radius 2 is 2.35 bits per heavy atom. The zero-order valence-electron chi connectivity index (χ0n) is 11.0. The van der Waals surface area contributed by atoms with E-state index in [9.17, 15) is 14.9 Å². The molecule has 1 amide bonds. The third-order valence-corrected chi connectivity index (χ3v) is 3.72. The van der Waals surface area contributed by atoms with Crippen molar-refractivity contribution in [1.29, 1.82) is 0 Å². The second-order valence-corrected chi connectivity index (χ2v) is 5.11. The van der Waals surface area contributed by atoms with E-state index in [1.54, 1.807) is 6.07 Å². The van der Waals surface area contributed by atoms with E-state index in [1.165, 1.54) is 6.07 Å². The van der Waals surface area contributed by atoms with Gasteiger partial charge in [0.1, 0.15) is 5.69 Å². The van der Waals surface area contributed by atoms with Gasteiger partial charge in [-0.1, -0.05) is 13.3 Å². The maximum Gasteiger partial charge on any atom is 0.296 e. The van der Waals surface area contributed by atoms with E-state index in [2.05, 4.69) is 17.6 Å². The van der Waals surface area contributed by atoms with E-state index in [4.69, 9.17) is 4.74 Å². The Bertz CT molecular complexity index is 587. The molecule has 1 fully saturated rings. The van der Waals surface area contributed by atoms with Gasteiger partial charge in [0.2, 0.25) is 0 Å². The molecule has 0 saturated heterocycles. The maximum absolute atomic E-state index is 11.3. The highest BCUT2D eigenvalue weighted by atomic mass is 16.6. The van der Waals surface area contributed by atoms with E-state index in [0.717, 1.165) is 12.8 Å². The molecule has 3 rings (SSSR count). The van der Waals surface area contributed by atoms with E-state index in [1.807, 2.05) is 0 Å². The maximum atomic E-state index is 11.3. The number of ether oxygens (including phenoxy) is 1. The first-order chi connectivity index (χ1) is 9.58. The number of hydrogen-bond donors (Lipinski definition) is 2. The van der Waals surface area contributed by atoms with E-state index in [-0.39, 0.29) is 24.2 Å². The molecule has 1 aromatic rings. The van der Waals surface area contributed by atoms with Crippen LogP contribution in [0.4, 0.5) is 17.1 Å². The molecule has 106 valence electrons. The van der Waals surface area contributed by atoms with Gasteiger partial charge in [0, 0.05) is 6.04 Å². The Hall–Kier alpha value is -2.31. The van der Waals surface area contributed by atoms with Gasteiger partial charge in [-0.3, -0.25) is 14.9 Å². The van der Waals surface area contributed by atoms with Crippen molar-refractivity contribution in [2.75, 3.05) is 17.2 Å². The van der Waals surface area contributed by atoms with Crippen LogP contribution < -0.4 is 15.4 Å². The number of nitro benzene ring substituents is 1. The number of fused-ring (bicyclic) bond motifs is 1. The molecule has 7 nitrogen and oxygen atoms in total. The molecule has 2 atom stereocenters. The molecule has 7 heteroatoms. The van der Waals surface area contributed by atoms with Gasteiger partial charge in [0.15, 0.2) is 12.4 Å². The van der Waals surface area contributed by atoms with Crippen molar-refractivity contribution in [1.82, 2.24) is 0 Å². The minimum Gasteiger partial charge on any atom is -0.481 e. The van der Waals surface area contributed by atoms with E-state index >= 15 is 0 Å². The Morgan fingerprint density at radius 3 is 3.00 bits per heavy atom. The third-order valence-electron chi connectivity index (χ3n) is 3.72. The molecule has 0 radical (unpaired) electrons. The van der Waals surface area contributed by atoms with Crippen LogP contribution in [0, 0.1) is 16.0 Å². The smallest absolute Gasteiger partial charge is 0.296 e. The number of carbonyl (C=O) groups excluding carboxylic acids is 1. The quantitative estimate of drug-likeness (QED) is 0.649. The fourth-order valence-electron chi connectivity index (χ4n) is 2.46. The summed E-state index contributed by atoms with van der Waals surface area (Å²) in [5, 5.41) is 17.0. The Morgan fingerprint density at radius 1 is 1.55 bits per heavy atom. The second-order valence-electron chi connectivity index (χ2n) is 5.11. The number of amides is 1. The van der Waals surface area contributed by atoms with Crippen molar-refractivity contribution in [3.8, 4) is 5.75 Å². The van der Waals surface area contributed by atoms with Gasteiger partial charge in [0.25, 0.3) is 11.6 Å². The van der Waals surface area contributed by atoms with Crippen molar-refractivity contribution in [3.05, 3.63) is 22.2 Å². The first-order valence-electron chi connectivity index (χ1n) is 6.60. The highest BCUT2D eigenvalue weighted by Gasteiger charge is 2.37. The first kappa shape index (κ1) is 12.7. The molecule has 2 unspecified atom stereocenters. The van der Waals surface area contributed by atoms with Crippen LogP contribution in [-0.4, -0.2) is 23.5 Å². The molecule has 1 aromatic carbocycles. The molecule has 1 saturated carbocycles. The van der Waals surface area contributed by atoms with Crippen LogP contribution in [0.25, 0.3) is 0 Å². The summed E-state index contributed by atoms with van der Waals surface area (Å²) in [6.45, 7) is 1.99. The zero-order chi connectivity index (χ0) is 14.3. The van der Waals surface area contributed by atoms with Gasteiger partial charge in [-0.15, -0.1) is 0 Å². The van der Waals surface area contributed by atoms with Gasteiger partial charge in [-0.05, 0) is 18.4 Å². The number of anilines is 2. The van der Waals surface area contributed by atoms with Crippen LogP contribution in [0.1, 0.15) is 19.8 Å². The molecule has 2 N–H and O–H groups in total. The number of nitrogens with one attached hydrogen (secondary N) is 2. The number of nitrogens with zero attached hydrogens (tertiary/aromatic N) is 1. The van der Waals surface area contributed by atoms with Crippen LogP contribution in [-0.2, 0) is 4.79 Å². The standard InChI is InChI=1S/C13H15N3O4/c1-2-7-3-8(7)14-9-4-10-12(5-11(9)16(18)19)20-6-13(17)15-10/h4-5,7-8,14H,2-3,6H2,1H3,(H,15,17). The number of rotatable bonds is 4. The van der Waals surface area contributed by atoms with Crippen molar-refractivity contribution in [2.45, 2.75) is 25.8 Å². The van der Waals surface area contributed by atoms with Gasteiger partial charge in [-0.25, -0.2) is 0 Å². The summed E-state index contributed by atoms with van der Waals surface area (Å²) in [6.07, 6.45) is 2.07. The van der Waals surface area contributed by atoms with Gasteiger partial charge >= 0.3 is 0 Å². The van der Waals surface area contributed by atoms with Crippen LogP contribution >= 0.6 is 0 Å². The van der Waals surface area contributed by atoms with Gasteiger partial charge in [0.05, 0.1) is 16.7 Å². The van der Waals surface area contributed by atoms with Gasteiger partial charge < -0.3 is 15.4 Å². The number of carbonyl (C=O) groups is 1. The van der Waals surface area contributed by atoms with Crippen LogP contribution in [0.3, 0.4) is 0 Å². The molecule has 1 aliphatic heterocycles. The van der Waals surface area contributed by atoms with Crippen LogP contribution in [0.15, 0.2) is 12.1 Å². The van der Waals surface area contributed by atoms with Crippen LogP contribution in [0.2, 0.25) is 0 Å². The summed E-state index contributed by atoms with van der Waals surface area (Å²) < 4.78 is 5.20. The summed E-state index contributed by atoms with van der Waals surface area (Å²) in [5.74, 6) is 0.649. The summed E-state index contributed by atoms with van der Waals surface area (Å²) in [6, 6.07) is 3.22. The topological polar surface area (TPSA) is 93.5 Å². The molecule has 2 aliphatic rings. The molecular formula is C13H15N3O4. The largest absolute Gasteiger partial charge is 0.481 e. The fourth-order valence-corrected chi connectivity index (χ4v) is 2.46. The fraction of sp³-hybridized carbons (Fsp3) is 0.462. The lowest BCUT2D eigenvalue weighted by molar-refractivity contribution is -0.384. The molecule has 0 spiro atoms. The highest BCUT2D eigenvalue weighted by Crippen LogP contribution is 2.42. The predicted octanol–water partition coefficient (Wildman–Crippen LogP) is 2.14. The SMILES string of the molecule is CCC1CC1Nc1cc2c(cc1[N+](=O)[O-])OCC(=O)N2. The number of nitro groups is 1.